The van der Waals surface area contributed by atoms with Crippen molar-refractivity contribution in [3.63, 3.8) is 0 Å². The van der Waals surface area contributed by atoms with Gasteiger partial charge in [0.15, 0.2) is 0 Å². The maximum absolute atomic E-state index is 4.28. The quantitative estimate of drug-likeness (QED) is 0.700. The van der Waals surface area contributed by atoms with Gasteiger partial charge in [0.25, 0.3) is 0 Å². The molecule has 0 radical (unpaired) electrons. The van der Waals surface area contributed by atoms with Crippen molar-refractivity contribution in [2.24, 2.45) is 7.05 Å². The van der Waals surface area contributed by atoms with Crippen molar-refractivity contribution >= 4 is 11.8 Å². The van der Waals surface area contributed by atoms with Crippen molar-refractivity contribution in [3.8, 4) is 0 Å². The summed E-state index contributed by atoms with van der Waals surface area (Å²) in [5.74, 6) is 2.38. The molecule has 4 heteroatoms. The molecule has 0 bridgehead atoms. The van der Waals surface area contributed by atoms with Crippen LogP contribution in [-0.4, -0.2) is 27.8 Å². The lowest BCUT2D eigenvalue weighted by Crippen LogP contribution is -2.17. The average molecular weight is 199 g/mol. The van der Waals surface area contributed by atoms with E-state index in [0.29, 0.717) is 0 Å². The first-order chi connectivity index (χ1) is 6.33. The Morgan fingerprint density at radius 1 is 1.62 bits per heavy atom. The average Bonchev–Trinajstić information content (AvgIpc) is 2.51. The molecule has 74 valence electrons. The summed E-state index contributed by atoms with van der Waals surface area (Å²) in [4.78, 5) is 0. The number of aromatic nitrogens is 2. The standard InChI is InChI=1S/C9H17N3S/c1-3-13-7-5-10-8-9-4-6-12(2)11-9/h4,6,10H,3,5,7-8H2,1-2H3. The molecule has 1 N–H and O–H groups in total. The fourth-order valence-corrected chi connectivity index (χ4v) is 1.64. The van der Waals surface area contributed by atoms with Crippen LogP contribution >= 0.6 is 11.8 Å². The van der Waals surface area contributed by atoms with Crippen LogP contribution in [0.1, 0.15) is 12.6 Å². The Hall–Kier alpha value is -0.480. The van der Waals surface area contributed by atoms with Crippen molar-refractivity contribution in [2.45, 2.75) is 13.5 Å². The number of nitrogens with one attached hydrogen (secondary N) is 1. The van der Waals surface area contributed by atoms with E-state index in [1.807, 2.05) is 35.8 Å². The number of hydrogen-bond donors (Lipinski definition) is 1. The molecule has 0 aromatic carbocycles. The molecule has 0 amide bonds. The van der Waals surface area contributed by atoms with Crippen LogP contribution in [0.5, 0.6) is 0 Å². The van der Waals surface area contributed by atoms with E-state index in [2.05, 4.69) is 17.3 Å². The maximum atomic E-state index is 4.28. The van der Waals surface area contributed by atoms with Crippen LogP contribution in [0.25, 0.3) is 0 Å². The third kappa shape index (κ3) is 4.33. The van der Waals surface area contributed by atoms with E-state index < -0.39 is 0 Å². The molecule has 1 aromatic rings. The summed E-state index contributed by atoms with van der Waals surface area (Å²) in [5.41, 5.74) is 1.11. The van der Waals surface area contributed by atoms with E-state index in [4.69, 9.17) is 0 Å². The molecule has 13 heavy (non-hydrogen) atoms. The molecule has 0 fully saturated rings. The van der Waals surface area contributed by atoms with Gasteiger partial charge in [0.05, 0.1) is 5.69 Å². The zero-order valence-corrected chi connectivity index (χ0v) is 9.10. The minimum Gasteiger partial charge on any atom is -0.310 e. The summed E-state index contributed by atoms with van der Waals surface area (Å²) < 4.78 is 1.83. The molecular formula is C9H17N3S. The monoisotopic (exact) mass is 199 g/mol. The normalized spacial score (nSPS) is 10.6. The van der Waals surface area contributed by atoms with Gasteiger partial charge < -0.3 is 5.32 Å². The summed E-state index contributed by atoms with van der Waals surface area (Å²) >= 11 is 1.96. The lowest BCUT2D eigenvalue weighted by molar-refractivity contribution is 0.680. The number of hydrogen-bond acceptors (Lipinski definition) is 3. The van der Waals surface area contributed by atoms with E-state index in [-0.39, 0.29) is 0 Å². The van der Waals surface area contributed by atoms with Crippen molar-refractivity contribution in [1.82, 2.24) is 15.1 Å². The first-order valence-corrected chi connectivity index (χ1v) is 5.75. The van der Waals surface area contributed by atoms with E-state index in [0.717, 1.165) is 18.8 Å². The SMILES string of the molecule is CCSCCNCc1ccn(C)n1. The summed E-state index contributed by atoms with van der Waals surface area (Å²) in [6, 6.07) is 2.04. The van der Waals surface area contributed by atoms with Gasteiger partial charge >= 0.3 is 0 Å². The van der Waals surface area contributed by atoms with Gasteiger partial charge in [0, 0.05) is 32.1 Å². The van der Waals surface area contributed by atoms with Crippen LogP contribution in [0.15, 0.2) is 12.3 Å². The molecule has 1 rings (SSSR count). The summed E-state index contributed by atoms with van der Waals surface area (Å²) in [6.07, 6.45) is 1.97. The van der Waals surface area contributed by atoms with Gasteiger partial charge in [-0.3, -0.25) is 4.68 Å². The van der Waals surface area contributed by atoms with E-state index in [9.17, 15) is 0 Å². The van der Waals surface area contributed by atoms with Crippen molar-refractivity contribution in [3.05, 3.63) is 18.0 Å². The molecule has 0 aliphatic carbocycles. The highest BCUT2D eigenvalue weighted by Crippen LogP contribution is 1.96. The molecular weight excluding hydrogens is 182 g/mol. The summed E-state index contributed by atoms with van der Waals surface area (Å²) in [6.45, 7) is 4.13. The Morgan fingerprint density at radius 2 is 2.46 bits per heavy atom. The van der Waals surface area contributed by atoms with Crippen LogP contribution in [-0.2, 0) is 13.6 Å². The van der Waals surface area contributed by atoms with Crippen LogP contribution in [0.3, 0.4) is 0 Å². The molecule has 0 saturated carbocycles. The Labute approximate surface area is 83.9 Å². The highest BCUT2D eigenvalue weighted by molar-refractivity contribution is 7.99. The smallest absolute Gasteiger partial charge is 0.0762 e. The topological polar surface area (TPSA) is 29.9 Å². The third-order valence-electron chi connectivity index (χ3n) is 1.70. The van der Waals surface area contributed by atoms with Crippen LogP contribution in [0, 0.1) is 0 Å². The molecule has 1 aromatic heterocycles. The molecule has 0 aliphatic rings. The Kier molecular flexibility index (Phi) is 4.93. The minimum absolute atomic E-state index is 0.880. The molecule has 0 saturated heterocycles. The fourth-order valence-electron chi connectivity index (χ4n) is 1.06. The highest BCUT2D eigenvalue weighted by Gasteiger charge is 1.94. The van der Waals surface area contributed by atoms with Gasteiger partial charge in [-0.1, -0.05) is 6.92 Å². The number of rotatable bonds is 6. The predicted molar refractivity (Wildman–Crippen MR) is 57.9 cm³/mol. The van der Waals surface area contributed by atoms with Crippen LogP contribution in [0.2, 0.25) is 0 Å². The number of thioether (sulfide) groups is 1. The highest BCUT2D eigenvalue weighted by atomic mass is 32.2. The van der Waals surface area contributed by atoms with Crippen molar-refractivity contribution in [2.75, 3.05) is 18.1 Å². The van der Waals surface area contributed by atoms with Gasteiger partial charge in [-0.25, -0.2) is 0 Å². The Bertz CT molecular complexity index is 235. The number of aryl methyl sites for hydroxylation is 1. The molecule has 0 atom stereocenters. The zero-order chi connectivity index (χ0) is 9.52. The zero-order valence-electron chi connectivity index (χ0n) is 8.29. The minimum atomic E-state index is 0.880. The van der Waals surface area contributed by atoms with E-state index >= 15 is 0 Å². The number of nitrogens with zero attached hydrogens (tertiary/aromatic N) is 2. The van der Waals surface area contributed by atoms with Gasteiger partial charge in [0.2, 0.25) is 0 Å². The van der Waals surface area contributed by atoms with Crippen molar-refractivity contribution < 1.29 is 0 Å². The molecule has 1 heterocycles. The second-order valence-corrected chi connectivity index (χ2v) is 4.25. The van der Waals surface area contributed by atoms with Crippen molar-refractivity contribution in [1.29, 1.82) is 0 Å². The van der Waals surface area contributed by atoms with E-state index in [1.165, 1.54) is 11.5 Å². The van der Waals surface area contributed by atoms with Gasteiger partial charge in [-0.2, -0.15) is 16.9 Å². The lowest BCUT2D eigenvalue weighted by atomic mass is 10.4. The largest absolute Gasteiger partial charge is 0.310 e. The van der Waals surface area contributed by atoms with Gasteiger partial charge in [0.1, 0.15) is 0 Å². The molecule has 0 aliphatic heterocycles. The summed E-state index contributed by atoms with van der Waals surface area (Å²) in [5, 5.41) is 7.63. The molecule has 0 unspecified atom stereocenters. The first kappa shape index (κ1) is 10.6. The second kappa shape index (κ2) is 6.05. The van der Waals surface area contributed by atoms with E-state index in [1.54, 1.807) is 0 Å². The molecule has 3 nitrogen and oxygen atoms in total. The Morgan fingerprint density at radius 3 is 3.08 bits per heavy atom. The van der Waals surface area contributed by atoms with Crippen LogP contribution < -0.4 is 5.32 Å². The third-order valence-corrected chi connectivity index (χ3v) is 2.60. The van der Waals surface area contributed by atoms with Gasteiger partial charge in [-0.15, -0.1) is 0 Å². The lowest BCUT2D eigenvalue weighted by Gasteiger charge is -2.00. The fraction of sp³-hybridized carbons (Fsp3) is 0.667. The van der Waals surface area contributed by atoms with Crippen LogP contribution in [0.4, 0.5) is 0 Å². The predicted octanol–water partition coefficient (Wildman–Crippen LogP) is 1.26. The Balaban J connectivity index is 2.06. The molecule has 0 spiro atoms. The second-order valence-electron chi connectivity index (χ2n) is 2.85. The maximum Gasteiger partial charge on any atom is 0.0762 e. The van der Waals surface area contributed by atoms with Gasteiger partial charge in [-0.05, 0) is 11.8 Å². The summed E-state index contributed by atoms with van der Waals surface area (Å²) in [7, 11) is 1.94. The first-order valence-electron chi connectivity index (χ1n) is 4.60.